The second kappa shape index (κ2) is 6.20. The summed E-state index contributed by atoms with van der Waals surface area (Å²) in [6, 6.07) is 7.55. The van der Waals surface area contributed by atoms with Gasteiger partial charge in [-0.2, -0.15) is 0 Å². The number of amides is 1. The van der Waals surface area contributed by atoms with Gasteiger partial charge in [0.15, 0.2) is 0 Å². The van der Waals surface area contributed by atoms with E-state index in [2.05, 4.69) is 37.2 Å². The zero-order valence-electron chi connectivity index (χ0n) is 12.1. The average Bonchev–Trinajstić information content (AvgIpc) is 2.37. The van der Waals surface area contributed by atoms with Gasteiger partial charge in [-0.1, -0.05) is 6.07 Å². The second-order valence-corrected chi connectivity index (χ2v) is 6.79. The van der Waals surface area contributed by atoms with Gasteiger partial charge in [-0.3, -0.25) is 4.79 Å². The summed E-state index contributed by atoms with van der Waals surface area (Å²) in [5, 5.41) is 2.92. The van der Waals surface area contributed by atoms with Crippen LogP contribution < -0.4 is 11.1 Å². The van der Waals surface area contributed by atoms with Crippen molar-refractivity contribution in [2.24, 2.45) is 0 Å². The highest BCUT2D eigenvalue weighted by molar-refractivity contribution is 9.11. The number of hydrogen-bond donors (Lipinski definition) is 2. The third-order valence-corrected chi connectivity index (χ3v) is 4.53. The zero-order chi connectivity index (χ0) is 15.7. The standard InChI is InChI=1S/C16H16Br2N2O/c1-8-4-12(17)15(13(18)5-8)20-16(21)11-7-14(19)10(3)6-9(11)2/h4-7H,19H2,1-3H3,(H,20,21). The van der Waals surface area contributed by atoms with Gasteiger partial charge in [0.2, 0.25) is 0 Å². The molecule has 0 radical (unpaired) electrons. The molecule has 0 saturated heterocycles. The third kappa shape index (κ3) is 3.47. The summed E-state index contributed by atoms with van der Waals surface area (Å²) in [6.45, 7) is 5.82. The van der Waals surface area contributed by atoms with Crippen molar-refractivity contribution in [2.75, 3.05) is 11.1 Å². The molecule has 1 amide bonds. The van der Waals surface area contributed by atoms with Crippen LogP contribution in [0.15, 0.2) is 33.2 Å². The first kappa shape index (κ1) is 16.0. The number of anilines is 2. The molecule has 0 unspecified atom stereocenters. The van der Waals surface area contributed by atoms with Gasteiger partial charge in [0.25, 0.3) is 5.91 Å². The molecule has 0 bridgehead atoms. The SMILES string of the molecule is Cc1cc(Br)c(NC(=O)c2cc(N)c(C)cc2C)c(Br)c1. The van der Waals surface area contributed by atoms with E-state index in [9.17, 15) is 4.79 Å². The summed E-state index contributed by atoms with van der Waals surface area (Å²) in [7, 11) is 0. The fraction of sp³-hybridized carbons (Fsp3) is 0.188. The van der Waals surface area contributed by atoms with Crippen molar-refractivity contribution in [2.45, 2.75) is 20.8 Å². The fourth-order valence-electron chi connectivity index (χ4n) is 2.11. The molecule has 0 spiro atoms. The molecule has 0 aliphatic heterocycles. The molecular weight excluding hydrogens is 396 g/mol. The van der Waals surface area contributed by atoms with Crippen LogP contribution in [-0.2, 0) is 0 Å². The van der Waals surface area contributed by atoms with Crippen molar-refractivity contribution in [1.29, 1.82) is 0 Å². The van der Waals surface area contributed by atoms with Crippen LogP contribution in [-0.4, -0.2) is 5.91 Å². The van der Waals surface area contributed by atoms with E-state index in [-0.39, 0.29) is 5.91 Å². The maximum Gasteiger partial charge on any atom is 0.256 e. The molecule has 0 aromatic heterocycles. The Balaban J connectivity index is 2.37. The van der Waals surface area contributed by atoms with Crippen LogP contribution >= 0.6 is 31.9 Å². The monoisotopic (exact) mass is 410 g/mol. The van der Waals surface area contributed by atoms with Crippen LogP contribution in [0.3, 0.4) is 0 Å². The number of halogens is 2. The van der Waals surface area contributed by atoms with Gasteiger partial charge in [-0.05, 0) is 87.5 Å². The predicted molar refractivity (Wildman–Crippen MR) is 94.9 cm³/mol. The van der Waals surface area contributed by atoms with E-state index < -0.39 is 0 Å². The van der Waals surface area contributed by atoms with E-state index in [1.165, 1.54) is 0 Å². The van der Waals surface area contributed by atoms with Crippen LogP contribution in [0.1, 0.15) is 27.0 Å². The lowest BCUT2D eigenvalue weighted by Crippen LogP contribution is -2.15. The molecule has 0 aliphatic rings. The minimum atomic E-state index is -0.176. The molecule has 21 heavy (non-hydrogen) atoms. The van der Waals surface area contributed by atoms with Crippen LogP contribution in [0.25, 0.3) is 0 Å². The number of nitrogen functional groups attached to an aromatic ring is 1. The number of hydrogen-bond acceptors (Lipinski definition) is 2. The summed E-state index contributed by atoms with van der Waals surface area (Å²) in [5.41, 5.74) is 10.8. The second-order valence-electron chi connectivity index (χ2n) is 5.08. The lowest BCUT2D eigenvalue weighted by atomic mass is 10.0. The Bertz CT molecular complexity index is 703. The largest absolute Gasteiger partial charge is 0.398 e. The first-order valence-electron chi connectivity index (χ1n) is 6.43. The summed E-state index contributed by atoms with van der Waals surface area (Å²) in [5.74, 6) is -0.176. The van der Waals surface area contributed by atoms with Gasteiger partial charge in [0.1, 0.15) is 0 Å². The van der Waals surface area contributed by atoms with Crippen molar-refractivity contribution < 1.29 is 4.79 Å². The molecule has 0 heterocycles. The van der Waals surface area contributed by atoms with E-state index >= 15 is 0 Å². The zero-order valence-corrected chi connectivity index (χ0v) is 15.2. The molecule has 110 valence electrons. The van der Waals surface area contributed by atoms with Gasteiger partial charge in [-0.15, -0.1) is 0 Å². The van der Waals surface area contributed by atoms with Crippen molar-refractivity contribution in [3.8, 4) is 0 Å². The Morgan fingerprint density at radius 1 is 1.00 bits per heavy atom. The maximum absolute atomic E-state index is 12.5. The summed E-state index contributed by atoms with van der Waals surface area (Å²) in [4.78, 5) is 12.5. The van der Waals surface area contributed by atoms with Crippen LogP contribution in [0.4, 0.5) is 11.4 Å². The number of benzene rings is 2. The van der Waals surface area contributed by atoms with E-state index in [0.717, 1.165) is 25.6 Å². The fourth-order valence-corrected chi connectivity index (χ4v) is 3.73. The van der Waals surface area contributed by atoms with Gasteiger partial charge < -0.3 is 11.1 Å². The van der Waals surface area contributed by atoms with Gasteiger partial charge in [0, 0.05) is 20.2 Å². The summed E-state index contributed by atoms with van der Waals surface area (Å²) in [6.07, 6.45) is 0. The third-order valence-electron chi connectivity index (χ3n) is 3.28. The Labute approximate surface area is 141 Å². The lowest BCUT2D eigenvalue weighted by Gasteiger charge is -2.13. The average molecular weight is 412 g/mol. The van der Waals surface area contributed by atoms with Crippen molar-refractivity contribution in [3.05, 3.63) is 55.5 Å². The minimum absolute atomic E-state index is 0.176. The predicted octanol–water partition coefficient (Wildman–Crippen LogP) is 4.97. The molecule has 0 fully saturated rings. The number of rotatable bonds is 2. The lowest BCUT2D eigenvalue weighted by molar-refractivity contribution is 0.102. The number of carbonyl (C=O) groups excluding carboxylic acids is 1. The first-order valence-corrected chi connectivity index (χ1v) is 8.02. The molecule has 2 aromatic rings. The highest BCUT2D eigenvalue weighted by atomic mass is 79.9. The molecule has 3 nitrogen and oxygen atoms in total. The number of aryl methyl sites for hydroxylation is 3. The van der Waals surface area contributed by atoms with Gasteiger partial charge >= 0.3 is 0 Å². The van der Waals surface area contributed by atoms with E-state index in [1.54, 1.807) is 6.07 Å². The Kier molecular flexibility index (Phi) is 4.74. The Morgan fingerprint density at radius 3 is 2.14 bits per heavy atom. The summed E-state index contributed by atoms with van der Waals surface area (Å²) < 4.78 is 1.67. The maximum atomic E-state index is 12.5. The highest BCUT2D eigenvalue weighted by Gasteiger charge is 2.14. The normalized spacial score (nSPS) is 10.5. The van der Waals surface area contributed by atoms with Crippen molar-refractivity contribution in [3.63, 3.8) is 0 Å². The highest BCUT2D eigenvalue weighted by Crippen LogP contribution is 2.33. The number of nitrogens with two attached hydrogens (primary N) is 1. The number of carbonyl (C=O) groups is 1. The summed E-state index contributed by atoms with van der Waals surface area (Å²) >= 11 is 6.95. The van der Waals surface area contributed by atoms with E-state index in [1.807, 2.05) is 39.0 Å². The van der Waals surface area contributed by atoms with Crippen LogP contribution in [0.5, 0.6) is 0 Å². The van der Waals surface area contributed by atoms with Crippen molar-refractivity contribution in [1.82, 2.24) is 0 Å². The molecule has 2 rings (SSSR count). The molecule has 0 aliphatic carbocycles. The Hall–Kier alpha value is -1.33. The van der Waals surface area contributed by atoms with Crippen LogP contribution in [0, 0.1) is 20.8 Å². The molecular formula is C16H16Br2N2O. The molecule has 5 heteroatoms. The van der Waals surface area contributed by atoms with E-state index in [4.69, 9.17) is 5.73 Å². The Morgan fingerprint density at radius 2 is 1.57 bits per heavy atom. The first-order chi connectivity index (χ1) is 9.79. The number of nitrogens with one attached hydrogen (secondary N) is 1. The van der Waals surface area contributed by atoms with Gasteiger partial charge in [-0.25, -0.2) is 0 Å². The van der Waals surface area contributed by atoms with Crippen LogP contribution in [0.2, 0.25) is 0 Å². The minimum Gasteiger partial charge on any atom is -0.398 e. The molecule has 0 saturated carbocycles. The molecule has 3 N–H and O–H groups in total. The molecule has 2 aromatic carbocycles. The quantitative estimate of drug-likeness (QED) is 0.685. The van der Waals surface area contributed by atoms with Gasteiger partial charge in [0.05, 0.1) is 5.69 Å². The van der Waals surface area contributed by atoms with E-state index in [0.29, 0.717) is 16.9 Å². The topological polar surface area (TPSA) is 55.1 Å². The van der Waals surface area contributed by atoms with Crippen molar-refractivity contribution >= 4 is 49.1 Å². The molecule has 0 atom stereocenters. The smallest absolute Gasteiger partial charge is 0.256 e.